The van der Waals surface area contributed by atoms with Crippen LogP contribution in [-0.4, -0.2) is 55.5 Å². The van der Waals surface area contributed by atoms with Crippen LogP contribution in [0.15, 0.2) is 42.5 Å². The Morgan fingerprint density at radius 1 is 1.06 bits per heavy atom. The van der Waals surface area contributed by atoms with Gasteiger partial charge in [-0.1, -0.05) is 31.5 Å². The molecule has 0 aromatic heterocycles. The number of likely N-dealkylation sites (tertiary alicyclic amines) is 1. The molecule has 2 aromatic rings. The summed E-state index contributed by atoms with van der Waals surface area (Å²) in [6, 6.07) is 12.8. The van der Waals surface area contributed by atoms with Gasteiger partial charge in [-0.15, -0.1) is 0 Å². The number of benzene rings is 2. The van der Waals surface area contributed by atoms with Crippen LogP contribution < -0.4 is 19.5 Å². The molecule has 0 bridgehead atoms. The molecule has 2 N–H and O–H groups in total. The smallest absolute Gasteiger partial charge is 0.317 e. The lowest BCUT2D eigenvalue weighted by Crippen LogP contribution is -2.52. The predicted octanol–water partition coefficient (Wildman–Crippen LogP) is 3.82. The summed E-state index contributed by atoms with van der Waals surface area (Å²) in [4.78, 5) is 27.3. The second-order valence-electron chi connectivity index (χ2n) is 8.45. The van der Waals surface area contributed by atoms with Gasteiger partial charge in [0.15, 0.2) is 11.5 Å². The zero-order chi connectivity index (χ0) is 23.4. The number of unbranched alkanes of at least 4 members (excludes halogenated alkanes) is 1. The third-order valence-corrected chi connectivity index (χ3v) is 6.45. The summed E-state index contributed by atoms with van der Waals surface area (Å²) in [6.45, 7) is 3.44. The van der Waals surface area contributed by atoms with Crippen LogP contribution in [-0.2, 0) is 4.79 Å². The summed E-state index contributed by atoms with van der Waals surface area (Å²) in [5.41, 5.74) is 1.68. The van der Waals surface area contributed by atoms with Crippen molar-refractivity contribution < 1.29 is 28.9 Å². The van der Waals surface area contributed by atoms with E-state index in [2.05, 4.69) is 12.2 Å². The minimum atomic E-state index is -0.885. The van der Waals surface area contributed by atoms with Gasteiger partial charge in [0.25, 0.3) is 0 Å². The molecule has 1 fully saturated rings. The molecule has 2 aromatic carbocycles. The summed E-state index contributed by atoms with van der Waals surface area (Å²) in [5, 5.41) is 13.3. The van der Waals surface area contributed by atoms with Crippen LogP contribution in [0.5, 0.6) is 17.2 Å². The van der Waals surface area contributed by atoms with E-state index in [4.69, 9.17) is 14.2 Å². The number of hydrogen-bond donors (Lipinski definition) is 2. The largest absolute Gasteiger partial charge is 0.497 e. The van der Waals surface area contributed by atoms with Gasteiger partial charge in [-0.05, 0) is 41.8 Å². The van der Waals surface area contributed by atoms with Crippen molar-refractivity contribution in [1.29, 1.82) is 0 Å². The Labute approximate surface area is 193 Å². The zero-order valence-corrected chi connectivity index (χ0v) is 19.0. The Bertz CT molecular complexity index is 993. The van der Waals surface area contributed by atoms with E-state index in [1.807, 2.05) is 36.4 Å². The van der Waals surface area contributed by atoms with Gasteiger partial charge in [-0.3, -0.25) is 4.79 Å². The van der Waals surface area contributed by atoms with Gasteiger partial charge in [-0.2, -0.15) is 0 Å². The number of hydrogen-bond acceptors (Lipinski definition) is 5. The predicted molar refractivity (Wildman–Crippen MR) is 122 cm³/mol. The van der Waals surface area contributed by atoms with Crippen molar-refractivity contribution in [2.75, 3.05) is 33.5 Å². The van der Waals surface area contributed by atoms with E-state index in [-0.39, 0.29) is 18.7 Å². The summed E-state index contributed by atoms with van der Waals surface area (Å²) in [5.74, 6) is -0.445. The number of amides is 2. The van der Waals surface area contributed by atoms with E-state index in [0.29, 0.717) is 36.9 Å². The molecule has 2 amide bonds. The Morgan fingerprint density at radius 2 is 1.73 bits per heavy atom. The number of nitrogens with one attached hydrogen (secondary N) is 1. The molecule has 0 saturated carbocycles. The molecule has 0 aliphatic carbocycles. The molecule has 2 aliphatic heterocycles. The monoisotopic (exact) mass is 454 g/mol. The fourth-order valence-electron chi connectivity index (χ4n) is 4.67. The topological polar surface area (TPSA) is 97.3 Å². The maximum Gasteiger partial charge on any atom is 0.317 e. The van der Waals surface area contributed by atoms with Crippen molar-refractivity contribution in [2.24, 2.45) is 5.92 Å². The minimum absolute atomic E-state index is 0.145. The highest BCUT2D eigenvalue weighted by atomic mass is 16.7. The fraction of sp³-hybridized carbons (Fsp3) is 0.440. The summed E-state index contributed by atoms with van der Waals surface area (Å²) in [7, 11) is 1.59. The van der Waals surface area contributed by atoms with Crippen molar-refractivity contribution in [1.82, 2.24) is 10.2 Å². The normalized spacial score (nSPS) is 21.5. The quantitative estimate of drug-likeness (QED) is 0.618. The lowest BCUT2D eigenvalue weighted by atomic mass is 9.71. The molecule has 8 heteroatoms. The van der Waals surface area contributed by atoms with Gasteiger partial charge in [0.1, 0.15) is 5.75 Å². The van der Waals surface area contributed by atoms with E-state index in [1.165, 1.54) is 0 Å². The highest BCUT2D eigenvalue weighted by Crippen LogP contribution is 2.44. The molecule has 0 spiro atoms. The Hall–Kier alpha value is -3.42. The SMILES string of the molecule is CCCCNC(=O)N1CC(c2ccc(OC)cc2)C(C(=O)O)C(c2ccc3c(c2)OCO3)C1. The number of rotatable bonds is 7. The molecule has 4 rings (SSSR count). The van der Waals surface area contributed by atoms with E-state index >= 15 is 0 Å². The molecular formula is C25H30N2O6. The second kappa shape index (κ2) is 10.0. The number of ether oxygens (including phenoxy) is 3. The molecular weight excluding hydrogens is 424 g/mol. The van der Waals surface area contributed by atoms with Crippen LogP contribution in [0.2, 0.25) is 0 Å². The molecule has 176 valence electrons. The van der Waals surface area contributed by atoms with Gasteiger partial charge >= 0.3 is 12.0 Å². The van der Waals surface area contributed by atoms with Crippen molar-refractivity contribution in [3.05, 3.63) is 53.6 Å². The van der Waals surface area contributed by atoms with E-state index < -0.39 is 17.8 Å². The van der Waals surface area contributed by atoms with Crippen LogP contribution in [0.3, 0.4) is 0 Å². The first-order valence-electron chi connectivity index (χ1n) is 11.3. The van der Waals surface area contributed by atoms with Gasteiger partial charge in [0, 0.05) is 31.5 Å². The molecule has 2 heterocycles. The van der Waals surface area contributed by atoms with Crippen LogP contribution in [0, 0.1) is 5.92 Å². The van der Waals surface area contributed by atoms with E-state index in [1.54, 1.807) is 18.1 Å². The summed E-state index contributed by atoms with van der Waals surface area (Å²) >= 11 is 0. The number of methoxy groups -OCH3 is 1. The van der Waals surface area contributed by atoms with Crippen LogP contribution in [0.25, 0.3) is 0 Å². The first kappa shape index (κ1) is 22.8. The number of carbonyl (C=O) groups is 2. The third kappa shape index (κ3) is 4.84. The molecule has 2 aliphatic rings. The second-order valence-corrected chi connectivity index (χ2v) is 8.45. The maximum atomic E-state index is 13.0. The van der Waals surface area contributed by atoms with Crippen LogP contribution in [0.1, 0.15) is 42.7 Å². The zero-order valence-electron chi connectivity index (χ0n) is 19.0. The van der Waals surface area contributed by atoms with Gasteiger partial charge in [0.2, 0.25) is 6.79 Å². The van der Waals surface area contributed by atoms with E-state index in [0.717, 1.165) is 24.0 Å². The summed E-state index contributed by atoms with van der Waals surface area (Å²) in [6.07, 6.45) is 1.88. The first-order chi connectivity index (χ1) is 16.0. The molecule has 1 saturated heterocycles. The number of fused-ring (bicyclic) bond motifs is 1. The maximum absolute atomic E-state index is 13.0. The fourth-order valence-corrected chi connectivity index (χ4v) is 4.67. The molecule has 0 radical (unpaired) electrons. The molecule has 33 heavy (non-hydrogen) atoms. The number of piperidine rings is 1. The lowest BCUT2D eigenvalue weighted by molar-refractivity contribution is -0.144. The van der Waals surface area contributed by atoms with Gasteiger partial charge in [-0.25, -0.2) is 4.79 Å². The average molecular weight is 455 g/mol. The number of aliphatic carboxylic acids is 1. The van der Waals surface area contributed by atoms with Crippen LogP contribution in [0.4, 0.5) is 4.79 Å². The van der Waals surface area contributed by atoms with Crippen molar-refractivity contribution in [3.63, 3.8) is 0 Å². The van der Waals surface area contributed by atoms with Crippen molar-refractivity contribution in [2.45, 2.75) is 31.6 Å². The summed E-state index contributed by atoms with van der Waals surface area (Å²) < 4.78 is 16.2. The highest BCUT2D eigenvalue weighted by Gasteiger charge is 2.44. The van der Waals surface area contributed by atoms with Crippen LogP contribution >= 0.6 is 0 Å². The van der Waals surface area contributed by atoms with Crippen molar-refractivity contribution >= 4 is 12.0 Å². The average Bonchev–Trinajstić information content (AvgIpc) is 3.31. The molecule has 3 unspecified atom stereocenters. The van der Waals surface area contributed by atoms with E-state index in [9.17, 15) is 14.7 Å². The number of carbonyl (C=O) groups excluding carboxylic acids is 1. The number of nitrogens with zero attached hydrogens (tertiary/aromatic N) is 1. The Balaban J connectivity index is 1.70. The Kier molecular flexibility index (Phi) is 6.91. The van der Waals surface area contributed by atoms with Crippen molar-refractivity contribution in [3.8, 4) is 17.2 Å². The minimum Gasteiger partial charge on any atom is -0.497 e. The standard InChI is InChI=1S/C25H30N2O6/c1-3-4-11-26-25(30)27-13-19(16-5-8-18(31-2)9-6-16)23(24(28)29)20(14-27)17-7-10-21-22(12-17)33-15-32-21/h5-10,12,19-20,23H,3-4,11,13-15H2,1-2H3,(H,26,30)(H,28,29). The lowest BCUT2D eigenvalue weighted by Gasteiger charge is -2.42. The van der Waals surface area contributed by atoms with Gasteiger partial charge < -0.3 is 29.5 Å². The number of carboxylic acids is 1. The highest BCUT2D eigenvalue weighted by molar-refractivity contribution is 5.77. The first-order valence-corrected chi connectivity index (χ1v) is 11.3. The third-order valence-electron chi connectivity index (χ3n) is 6.45. The molecule has 8 nitrogen and oxygen atoms in total. The Morgan fingerprint density at radius 3 is 2.39 bits per heavy atom. The molecule has 3 atom stereocenters. The number of urea groups is 1. The van der Waals surface area contributed by atoms with Gasteiger partial charge in [0.05, 0.1) is 13.0 Å². The number of carboxylic acid groups (broad SMARTS) is 1.